The highest BCUT2D eigenvalue weighted by Gasteiger charge is 2.31. The normalized spacial score (nSPS) is 17.4. The molecule has 1 fully saturated rings. The molecule has 0 amide bonds. The van der Waals surface area contributed by atoms with Crippen molar-refractivity contribution in [3.05, 3.63) is 69.2 Å². The van der Waals surface area contributed by atoms with Crippen LogP contribution in [-0.4, -0.2) is 29.1 Å². The smallest absolute Gasteiger partial charge is 0.306 e. The lowest BCUT2D eigenvalue weighted by molar-refractivity contribution is -0.143. The van der Waals surface area contributed by atoms with Crippen molar-refractivity contribution in [2.75, 3.05) is 13.1 Å². The molecule has 0 bridgehead atoms. The molecule has 1 aliphatic heterocycles. The Morgan fingerprint density at radius 3 is 2.48 bits per heavy atom. The Morgan fingerprint density at radius 1 is 1.16 bits per heavy atom. The molecule has 2 aromatic carbocycles. The maximum absolute atomic E-state index is 11.3. The molecule has 0 aliphatic carbocycles. The lowest BCUT2D eigenvalue weighted by Gasteiger charge is -2.37. The fourth-order valence-electron chi connectivity index (χ4n) is 3.56. The molecule has 3 rings (SSSR count). The van der Waals surface area contributed by atoms with Gasteiger partial charge in [0.1, 0.15) is 0 Å². The number of piperidine rings is 1. The average molecular weight is 378 g/mol. The summed E-state index contributed by atoms with van der Waals surface area (Å²) in [5.41, 5.74) is 3.30. The molecule has 0 radical (unpaired) electrons. The highest BCUT2D eigenvalue weighted by Crippen LogP contribution is 2.38. The monoisotopic (exact) mass is 377 g/mol. The summed E-state index contributed by atoms with van der Waals surface area (Å²) in [4.78, 5) is 13.6. The summed E-state index contributed by atoms with van der Waals surface area (Å²) in [7, 11) is 0. The zero-order valence-electron chi connectivity index (χ0n) is 14.1. The second-order valence-electron chi connectivity index (χ2n) is 6.61. The number of aryl methyl sites for hydroxylation is 1. The zero-order valence-corrected chi connectivity index (χ0v) is 15.6. The van der Waals surface area contributed by atoms with Crippen LogP contribution in [-0.2, 0) is 4.79 Å². The van der Waals surface area contributed by atoms with E-state index in [0.717, 1.165) is 24.2 Å². The minimum atomic E-state index is -0.701. The van der Waals surface area contributed by atoms with Crippen molar-refractivity contribution < 1.29 is 9.90 Å². The predicted molar refractivity (Wildman–Crippen MR) is 101 cm³/mol. The van der Waals surface area contributed by atoms with Crippen molar-refractivity contribution in [1.82, 2.24) is 4.90 Å². The van der Waals surface area contributed by atoms with Crippen LogP contribution in [0.3, 0.4) is 0 Å². The van der Waals surface area contributed by atoms with Gasteiger partial charge in [-0.3, -0.25) is 9.69 Å². The topological polar surface area (TPSA) is 40.5 Å². The summed E-state index contributed by atoms with van der Waals surface area (Å²) >= 11 is 12.8. The third-order valence-corrected chi connectivity index (χ3v) is 5.71. The van der Waals surface area contributed by atoms with E-state index in [1.54, 1.807) is 6.07 Å². The number of likely N-dealkylation sites (tertiary alicyclic amines) is 1. The first-order valence-corrected chi connectivity index (χ1v) is 9.20. The van der Waals surface area contributed by atoms with Gasteiger partial charge < -0.3 is 5.11 Å². The second-order valence-corrected chi connectivity index (χ2v) is 7.39. The standard InChI is InChI=1S/C20H21Cl2NO2/c1-13-4-2-5-15(12-13)19(16-6-3-7-17(21)18(16)22)23-10-8-14(9-11-23)20(24)25/h2-7,12,14,19H,8-11H2,1H3,(H,24,25). The van der Waals surface area contributed by atoms with Crippen LogP contribution in [0.15, 0.2) is 42.5 Å². The van der Waals surface area contributed by atoms with Crippen LogP contribution in [0.2, 0.25) is 10.0 Å². The number of carboxylic acid groups (broad SMARTS) is 1. The summed E-state index contributed by atoms with van der Waals surface area (Å²) < 4.78 is 0. The summed E-state index contributed by atoms with van der Waals surface area (Å²) in [5, 5.41) is 10.4. The van der Waals surface area contributed by atoms with Gasteiger partial charge in [0.2, 0.25) is 0 Å². The van der Waals surface area contributed by atoms with Gasteiger partial charge >= 0.3 is 5.97 Å². The molecule has 1 N–H and O–H groups in total. The lowest BCUT2D eigenvalue weighted by Crippen LogP contribution is -2.39. The number of carboxylic acids is 1. The molecule has 25 heavy (non-hydrogen) atoms. The SMILES string of the molecule is Cc1cccc(C(c2cccc(Cl)c2Cl)N2CCC(C(=O)O)CC2)c1. The summed E-state index contributed by atoms with van der Waals surface area (Å²) in [6, 6.07) is 14.0. The third-order valence-electron chi connectivity index (χ3n) is 4.88. The second kappa shape index (κ2) is 7.77. The quantitative estimate of drug-likeness (QED) is 0.796. The molecule has 1 unspecified atom stereocenters. The van der Waals surface area contributed by atoms with Crippen molar-refractivity contribution in [2.24, 2.45) is 5.92 Å². The van der Waals surface area contributed by atoms with E-state index in [-0.39, 0.29) is 12.0 Å². The molecule has 0 spiro atoms. The molecule has 2 aromatic rings. The molecule has 0 saturated carbocycles. The Morgan fingerprint density at radius 2 is 1.84 bits per heavy atom. The minimum absolute atomic E-state index is 0.0270. The fourth-order valence-corrected chi connectivity index (χ4v) is 3.97. The van der Waals surface area contributed by atoms with Crippen LogP contribution < -0.4 is 0 Å². The Bertz CT molecular complexity index is 770. The van der Waals surface area contributed by atoms with Crippen LogP contribution in [0.1, 0.15) is 35.6 Å². The van der Waals surface area contributed by atoms with Crippen LogP contribution in [0.4, 0.5) is 0 Å². The van der Waals surface area contributed by atoms with Gasteiger partial charge in [0.15, 0.2) is 0 Å². The molecule has 1 heterocycles. The van der Waals surface area contributed by atoms with E-state index < -0.39 is 5.97 Å². The van der Waals surface area contributed by atoms with Gasteiger partial charge in [-0.1, -0.05) is 65.2 Å². The Kier molecular flexibility index (Phi) is 5.67. The molecule has 3 nitrogen and oxygen atoms in total. The van der Waals surface area contributed by atoms with E-state index in [1.165, 1.54) is 5.56 Å². The molecular weight excluding hydrogens is 357 g/mol. The predicted octanol–water partition coefficient (Wildman–Crippen LogP) is 5.19. The first-order valence-electron chi connectivity index (χ1n) is 8.44. The molecular formula is C20H21Cl2NO2. The highest BCUT2D eigenvalue weighted by molar-refractivity contribution is 6.42. The number of nitrogens with zero attached hydrogens (tertiary/aromatic N) is 1. The maximum Gasteiger partial charge on any atom is 0.306 e. The van der Waals surface area contributed by atoms with Crippen LogP contribution in [0, 0.1) is 12.8 Å². The number of hydrogen-bond donors (Lipinski definition) is 1. The average Bonchev–Trinajstić information content (AvgIpc) is 2.59. The molecule has 132 valence electrons. The number of aliphatic carboxylic acids is 1. The number of benzene rings is 2. The molecule has 0 aromatic heterocycles. The largest absolute Gasteiger partial charge is 0.481 e. The highest BCUT2D eigenvalue weighted by atomic mass is 35.5. The number of halogens is 2. The lowest BCUT2D eigenvalue weighted by atomic mass is 9.91. The van der Waals surface area contributed by atoms with Crippen LogP contribution in [0.5, 0.6) is 0 Å². The van der Waals surface area contributed by atoms with Crippen molar-refractivity contribution >= 4 is 29.2 Å². The fraction of sp³-hybridized carbons (Fsp3) is 0.350. The van der Waals surface area contributed by atoms with Crippen LogP contribution >= 0.6 is 23.2 Å². The molecule has 1 aliphatic rings. The van der Waals surface area contributed by atoms with Gasteiger partial charge in [-0.15, -0.1) is 0 Å². The zero-order chi connectivity index (χ0) is 18.0. The Hall–Kier alpha value is -1.55. The summed E-state index contributed by atoms with van der Waals surface area (Å²) in [6.45, 7) is 3.51. The van der Waals surface area contributed by atoms with E-state index in [1.807, 2.05) is 18.2 Å². The van der Waals surface area contributed by atoms with E-state index in [9.17, 15) is 9.90 Å². The van der Waals surface area contributed by atoms with Gasteiger partial charge in [0.25, 0.3) is 0 Å². The van der Waals surface area contributed by atoms with E-state index in [2.05, 4.69) is 30.0 Å². The first kappa shape index (κ1) is 18.2. The molecule has 1 atom stereocenters. The summed E-state index contributed by atoms with van der Waals surface area (Å²) in [5.74, 6) is -0.961. The van der Waals surface area contributed by atoms with Gasteiger partial charge in [-0.05, 0) is 50.0 Å². The first-order chi connectivity index (χ1) is 12.0. The maximum atomic E-state index is 11.3. The van der Waals surface area contributed by atoms with Gasteiger partial charge in [0, 0.05) is 0 Å². The molecule has 5 heteroatoms. The van der Waals surface area contributed by atoms with Crippen molar-refractivity contribution in [2.45, 2.75) is 25.8 Å². The van der Waals surface area contributed by atoms with E-state index in [4.69, 9.17) is 23.2 Å². The van der Waals surface area contributed by atoms with Crippen molar-refractivity contribution in [3.63, 3.8) is 0 Å². The summed E-state index contributed by atoms with van der Waals surface area (Å²) in [6.07, 6.45) is 1.30. The molecule has 1 saturated heterocycles. The third kappa shape index (κ3) is 4.00. The van der Waals surface area contributed by atoms with E-state index >= 15 is 0 Å². The number of hydrogen-bond acceptors (Lipinski definition) is 2. The van der Waals surface area contributed by atoms with E-state index in [0.29, 0.717) is 22.9 Å². The Labute approximate surface area is 158 Å². The van der Waals surface area contributed by atoms with Crippen molar-refractivity contribution in [3.8, 4) is 0 Å². The van der Waals surface area contributed by atoms with Crippen molar-refractivity contribution in [1.29, 1.82) is 0 Å². The van der Waals surface area contributed by atoms with Crippen LogP contribution in [0.25, 0.3) is 0 Å². The minimum Gasteiger partial charge on any atom is -0.481 e. The van der Waals surface area contributed by atoms with Gasteiger partial charge in [-0.2, -0.15) is 0 Å². The van der Waals surface area contributed by atoms with Gasteiger partial charge in [-0.25, -0.2) is 0 Å². The number of rotatable bonds is 4. The number of carbonyl (C=O) groups is 1. The van der Waals surface area contributed by atoms with Gasteiger partial charge in [0.05, 0.1) is 22.0 Å². The Balaban J connectivity index is 1.98.